The highest BCUT2D eigenvalue weighted by molar-refractivity contribution is 5.69. The molecule has 106 valence electrons. The van der Waals surface area contributed by atoms with Crippen molar-refractivity contribution in [2.75, 3.05) is 13.1 Å². The van der Waals surface area contributed by atoms with Gasteiger partial charge < -0.3 is 15.0 Å². The van der Waals surface area contributed by atoms with Gasteiger partial charge in [-0.1, -0.05) is 20.3 Å². The summed E-state index contributed by atoms with van der Waals surface area (Å²) in [5, 5.41) is 3.60. The quantitative estimate of drug-likeness (QED) is 0.822. The number of likely N-dealkylation sites (tertiary alicyclic amines) is 1. The predicted molar refractivity (Wildman–Crippen MR) is 73.7 cm³/mol. The van der Waals surface area contributed by atoms with Crippen LogP contribution in [0.1, 0.15) is 53.9 Å². The van der Waals surface area contributed by atoms with Crippen LogP contribution in [0.15, 0.2) is 0 Å². The van der Waals surface area contributed by atoms with Gasteiger partial charge in [0.05, 0.1) is 0 Å². The molecule has 0 aromatic carbocycles. The zero-order valence-corrected chi connectivity index (χ0v) is 12.5. The summed E-state index contributed by atoms with van der Waals surface area (Å²) < 4.78 is 5.33. The molecule has 1 rings (SSSR count). The zero-order chi connectivity index (χ0) is 13.8. The molecule has 1 amide bonds. The summed E-state index contributed by atoms with van der Waals surface area (Å²) in [6.45, 7) is 11.7. The van der Waals surface area contributed by atoms with Crippen LogP contribution in [0.4, 0.5) is 4.79 Å². The van der Waals surface area contributed by atoms with E-state index >= 15 is 0 Å². The minimum atomic E-state index is -0.399. The molecule has 0 aliphatic carbocycles. The Bertz CT molecular complexity index is 267. The van der Waals surface area contributed by atoms with Crippen LogP contribution in [0, 0.1) is 0 Å². The van der Waals surface area contributed by atoms with Gasteiger partial charge >= 0.3 is 6.09 Å². The van der Waals surface area contributed by atoms with E-state index in [1.54, 1.807) is 4.90 Å². The average Bonchev–Trinajstić information content (AvgIpc) is 2.18. The molecule has 1 unspecified atom stereocenters. The Hall–Kier alpha value is -0.770. The van der Waals surface area contributed by atoms with Crippen LogP contribution >= 0.6 is 0 Å². The highest BCUT2D eigenvalue weighted by atomic mass is 16.6. The van der Waals surface area contributed by atoms with Crippen LogP contribution < -0.4 is 5.32 Å². The molecule has 0 aromatic rings. The molecule has 1 saturated heterocycles. The second kappa shape index (κ2) is 6.41. The molecule has 1 aliphatic rings. The first-order valence-corrected chi connectivity index (χ1v) is 7.09. The van der Waals surface area contributed by atoms with Crippen LogP contribution in [-0.4, -0.2) is 41.8 Å². The Labute approximate surface area is 111 Å². The van der Waals surface area contributed by atoms with Gasteiger partial charge in [-0.15, -0.1) is 0 Å². The van der Waals surface area contributed by atoms with Gasteiger partial charge in [-0.2, -0.15) is 0 Å². The van der Waals surface area contributed by atoms with E-state index < -0.39 is 5.60 Å². The topological polar surface area (TPSA) is 41.6 Å². The van der Waals surface area contributed by atoms with Crippen molar-refractivity contribution >= 4 is 6.09 Å². The summed E-state index contributed by atoms with van der Waals surface area (Å²) in [7, 11) is 0. The van der Waals surface area contributed by atoms with E-state index in [1.807, 2.05) is 20.8 Å². The molecule has 1 N–H and O–H groups in total. The molecule has 0 radical (unpaired) electrons. The van der Waals surface area contributed by atoms with Crippen LogP contribution in [0.25, 0.3) is 0 Å². The molecular formula is C14H28N2O2. The highest BCUT2D eigenvalue weighted by Gasteiger charge is 2.34. The first-order chi connectivity index (χ1) is 8.35. The number of rotatable bonds is 5. The predicted octanol–water partition coefficient (Wildman–Crippen LogP) is 2.77. The summed E-state index contributed by atoms with van der Waals surface area (Å²) in [5.74, 6) is 0. The van der Waals surface area contributed by atoms with E-state index in [4.69, 9.17) is 4.74 Å². The fraction of sp³-hybridized carbons (Fsp3) is 0.929. The molecule has 1 heterocycles. The lowest BCUT2D eigenvalue weighted by Gasteiger charge is -2.41. The standard InChI is InChI=1S/C14H28N2O2/c1-6-8-11(7-2)15-12-9-16(10-12)13(17)18-14(3,4)5/h11-12,15H,6-10H2,1-5H3. The lowest BCUT2D eigenvalue weighted by Crippen LogP contribution is -2.62. The van der Waals surface area contributed by atoms with E-state index in [0.29, 0.717) is 12.1 Å². The van der Waals surface area contributed by atoms with Crippen molar-refractivity contribution in [2.45, 2.75) is 71.6 Å². The van der Waals surface area contributed by atoms with Gasteiger partial charge in [-0.05, 0) is 33.6 Å². The van der Waals surface area contributed by atoms with E-state index in [0.717, 1.165) is 19.5 Å². The Kier molecular flexibility index (Phi) is 5.45. The minimum absolute atomic E-state index is 0.191. The number of amides is 1. The lowest BCUT2D eigenvalue weighted by atomic mass is 10.0. The number of ether oxygens (including phenoxy) is 1. The summed E-state index contributed by atoms with van der Waals surface area (Å²) in [6, 6.07) is 1.02. The Balaban J connectivity index is 2.25. The van der Waals surface area contributed by atoms with Gasteiger partial charge in [0.1, 0.15) is 5.60 Å². The van der Waals surface area contributed by atoms with E-state index in [-0.39, 0.29) is 6.09 Å². The van der Waals surface area contributed by atoms with Gasteiger partial charge in [0.2, 0.25) is 0 Å². The second-order valence-corrected chi connectivity index (χ2v) is 6.14. The molecule has 0 saturated carbocycles. The normalized spacial score (nSPS) is 18.4. The number of nitrogens with zero attached hydrogens (tertiary/aromatic N) is 1. The van der Waals surface area contributed by atoms with Crippen molar-refractivity contribution in [3.63, 3.8) is 0 Å². The molecule has 1 fully saturated rings. The van der Waals surface area contributed by atoms with Gasteiger partial charge in [-0.3, -0.25) is 0 Å². The Morgan fingerprint density at radius 3 is 2.44 bits per heavy atom. The first-order valence-electron chi connectivity index (χ1n) is 7.09. The maximum Gasteiger partial charge on any atom is 0.410 e. The third kappa shape index (κ3) is 4.84. The smallest absolute Gasteiger partial charge is 0.410 e. The van der Waals surface area contributed by atoms with Crippen LogP contribution in [0.5, 0.6) is 0 Å². The zero-order valence-electron chi connectivity index (χ0n) is 12.5. The van der Waals surface area contributed by atoms with Crippen molar-refractivity contribution in [2.24, 2.45) is 0 Å². The van der Waals surface area contributed by atoms with E-state index in [2.05, 4.69) is 19.2 Å². The van der Waals surface area contributed by atoms with Crippen molar-refractivity contribution < 1.29 is 9.53 Å². The summed E-state index contributed by atoms with van der Waals surface area (Å²) >= 11 is 0. The van der Waals surface area contributed by atoms with Gasteiger partial charge in [0, 0.05) is 25.2 Å². The Morgan fingerprint density at radius 2 is 2.00 bits per heavy atom. The number of hydrogen-bond donors (Lipinski definition) is 1. The van der Waals surface area contributed by atoms with E-state index in [1.165, 1.54) is 12.8 Å². The van der Waals surface area contributed by atoms with Gasteiger partial charge in [0.15, 0.2) is 0 Å². The van der Waals surface area contributed by atoms with Crippen molar-refractivity contribution in [3.8, 4) is 0 Å². The van der Waals surface area contributed by atoms with Gasteiger partial charge in [0.25, 0.3) is 0 Å². The number of carbonyl (C=O) groups excluding carboxylic acids is 1. The fourth-order valence-electron chi connectivity index (χ4n) is 2.15. The monoisotopic (exact) mass is 256 g/mol. The third-order valence-electron chi connectivity index (χ3n) is 3.13. The molecule has 0 spiro atoms. The summed E-state index contributed by atoms with van der Waals surface area (Å²) in [6.07, 6.45) is 3.37. The number of hydrogen-bond acceptors (Lipinski definition) is 3. The van der Waals surface area contributed by atoms with Crippen molar-refractivity contribution in [1.82, 2.24) is 10.2 Å². The van der Waals surface area contributed by atoms with Crippen molar-refractivity contribution in [3.05, 3.63) is 0 Å². The maximum atomic E-state index is 11.7. The molecule has 4 heteroatoms. The second-order valence-electron chi connectivity index (χ2n) is 6.14. The molecule has 0 aromatic heterocycles. The SMILES string of the molecule is CCCC(CC)NC1CN(C(=O)OC(C)(C)C)C1. The van der Waals surface area contributed by atoms with Crippen LogP contribution in [0.3, 0.4) is 0 Å². The molecule has 0 bridgehead atoms. The van der Waals surface area contributed by atoms with E-state index in [9.17, 15) is 4.79 Å². The fourth-order valence-corrected chi connectivity index (χ4v) is 2.15. The molecule has 18 heavy (non-hydrogen) atoms. The largest absolute Gasteiger partial charge is 0.444 e. The average molecular weight is 256 g/mol. The third-order valence-corrected chi connectivity index (χ3v) is 3.13. The molecule has 1 aliphatic heterocycles. The van der Waals surface area contributed by atoms with Crippen LogP contribution in [0.2, 0.25) is 0 Å². The number of carbonyl (C=O) groups is 1. The molecule has 4 nitrogen and oxygen atoms in total. The number of nitrogens with one attached hydrogen (secondary N) is 1. The Morgan fingerprint density at radius 1 is 1.39 bits per heavy atom. The summed E-state index contributed by atoms with van der Waals surface area (Å²) in [5.41, 5.74) is -0.399. The van der Waals surface area contributed by atoms with Crippen molar-refractivity contribution in [1.29, 1.82) is 0 Å². The first kappa shape index (κ1) is 15.3. The van der Waals surface area contributed by atoms with Gasteiger partial charge in [-0.25, -0.2) is 4.79 Å². The molecular weight excluding hydrogens is 228 g/mol. The molecule has 1 atom stereocenters. The summed E-state index contributed by atoms with van der Waals surface area (Å²) in [4.78, 5) is 13.5. The van der Waals surface area contributed by atoms with Crippen LogP contribution in [-0.2, 0) is 4.74 Å². The lowest BCUT2D eigenvalue weighted by molar-refractivity contribution is 0.00399. The highest BCUT2D eigenvalue weighted by Crippen LogP contribution is 2.16. The minimum Gasteiger partial charge on any atom is -0.444 e. The maximum absolute atomic E-state index is 11.7.